The summed E-state index contributed by atoms with van der Waals surface area (Å²) in [5, 5.41) is 0.710. The predicted molar refractivity (Wildman–Crippen MR) is 66.9 cm³/mol. The molecule has 0 amide bonds. The Morgan fingerprint density at radius 2 is 2.25 bits per heavy atom. The number of rotatable bonds is 5. The van der Waals surface area contributed by atoms with Crippen molar-refractivity contribution >= 4 is 11.6 Å². The zero-order valence-electron chi connectivity index (χ0n) is 9.58. The first-order chi connectivity index (χ1) is 7.66. The number of nitrogens with two attached hydrogens (primary N) is 1. The third-order valence-corrected chi connectivity index (χ3v) is 3.18. The fourth-order valence-corrected chi connectivity index (χ4v) is 1.93. The quantitative estimate of drug-likeness (QED) is 0.853. The maximum atomic E-state index is 5.94. The molecule has 0 heterocycles. The van der Waals surface area contributed by atoms with Crippen LogP contribution >= 0.6 is 11.6 Å². The average molecular weight is 240 g/mol. The summed E-state index contributed by atoms with van der Waals surface area (Å²) in [5.74, 6) is 1.77. The molecule has 16 heavy (non-hydrogen) atoms. The highest BCUT2D eigenvalue weighted by molar-refractivity contribution is 6.30. The molecular formula is C13H18ClNO. The van der Waals surface area contributed by atoms with Crippen molar-refractivity contribution in [2.75, 3.05) is 6.61 Å². The average Bonchev–Trinajstić information content (AvgIpc) is 3.04. The van der Waals surface area contributed by atoms with E-state index in [4.69, 9.17) is 22.1 Å². The molecule has 1 aliphatic rings. The van der Waals surface area contributed by atoms with Crippen LogP contribution in [-0.4, -0.2) is 6.61 Å². The van der Waals surface area contributed by atoms with Crippen molar-refractivity contribution in [1.29, 1.82) is 0 Å². The summed E-state index contributed by atoms with van der Waals surface area (Å²) in [7, 11) is 0. The Kier molecular flexibility index (Phi) is 3.72. The Morgan fingerprint density at radius 3 is 2.88 bits per heavy atom. The molecule has 1 saturated carbocycles. The van der Waals surface area contributed by atoms with Crippen LogP contribution in [0, 0.1) is 5.92 Å². The normalized spacial score (nSPS) is 17.2. The van der Waals surface area contributed by atoms with Crippen molar-refractivity contribution in [3.8, 4) is 5.75 Å². The molecule has 0 aromatic heterocycles. The molecule has 2 rings (SSSR count). The molecule has 1 aromatic carbocycles. The van der Waals surface area contributed by atoms with E-state index in [-0.39, 0.29) is 6.04 Å². The molecule has 1 aromatic rings. The van der Waals surface area contributed by atoms with Crippen molar-refractivity contribution in [2.45, 2.75) is 32.2 Å². The summed E-state index contributed by atoms with van der Waals surface area (Å²) in [5.41, 5.74) is 6.88. The zero-order chi connectivity index (χ0) is 11.5. The van der Waals surface area contributed by atoms with Crippen LogP contribution in [0.1, 0.15) is 37.8 Å². The molecule has 0 bridgehead atoms. The van der Waals surface area contributed by atoms with Crippen molar-refractivity contribution in [1.82, 2.24) is 0 Å². The highest BCUT2D eigenvalue weighted by Crippen LogP contribution is 2.33. The van der Waals surface area contributed by atoms with Crippen LogP contribution in [0.5, 0.6) is 5.75 Å². The minimum atomic E-state index is -0.0466. The van der Waals surface area contributed by atoms with Crippen molar-refractivity contribution in [3.63, 3.8) is 0 Å². The standard InChI is InChI=1S/C13H18ClNO/c1-9(15)12-8-11(14)4-5-13(12)16-7-6-10-2-3-10/h4-5,8-10H,2-3,6-7,15H2,1H3/t9-/m0/s1. The van der Waals surface area contributed by atoms with E-state index in [1.165, 1.54) is 12.8 Å². The van der Waals surface area contributed by atoms with Crippen molar-refractivity contribution < 1.29 is 4.74 Å². The molecule has 1 aliphatic carbocycles. The molecule has 0 radical (unpaired) electrons. The van der Waals surface area contributed by atoms with Gasteiger partial charge in [0.25, 0.3) is 0 Å². The van der Waals surface area contributed by atoms with Crippen LogP contribution in [0.2, 0.25) is 5.02 Å². The Morgan fingerprint density at radius 1 is 1.50 bits per heavy atom. The summed E-state index contributed by atoms with van der Waals surface area (Å²) < 4.78 is 5.77. The summed E-state index contributed by atoms with van der Waals surface area (Å²) in [4.78, 5) is 0. The molecule has 1 fully saturated rings. The van der Waals surface area contributed by atoms with E-state index in [1.54, 1.807) is 0 Å². The third kappa shape index (κ3) is 3.13. The molecule has 88 valence electrons. The van der Waals surface area contributed by atoms with Gasteiger partial charge >= 0.3 is 0 Å². The summed E-state index contributed by atoms with van der Waals surface area (Å²) in [6.07, 6.45) is 3.88. The summed E-state index contributed by atoms with van der Waals surface area (Å²) in [6.45, 7) is 2.73. The van der Waals surface area contributed by atoms with Gasteiger partial charge in [-0.15, -0.1) is 0 Å². The second-order valence-corrected chi connectivity index (χ2v) is 4.99. The maximum absolute atomic E-state index is 5.94. The van der Waals surface area contributed by atoms with E-state index in [0.29, 0.717) is 5.02 Å². The van der Waals surface area contributed by atoms with Crippen LogP contribution < -0.4 is 10.5 Å². The van der Waals surface area contributed by atoms with Gasteiger partial charge in [0.15, 0.2) is 0 Å². The van der Waals surface area contributed by atoms with Gasteiger partial charge in [-0.1, -0.05) is 24.4 Å². The largest absolute Gasteiger partial charge is 0.493 e. The molecule has 3 heteroatoms. The van der Waals surface area contributed by atoms with Gasteiger partial charge in [0, 0.05) is 16.6 Å². The Bertz CT molecular complexity index is 361. The minimum Gasteiger partial charge on any atom is -0.493 e. The Hall–Kier alpha value is -0.730. The lowest BCUT2D eigenvalue weighted by Gasteiger charge is -2.14. The van der Waals surface area contributed by atoms with E-state index in [2.05, 4.69) is 0 Å². The van der Waals surface area contributed by atoms with Crippen LogP contribution in [-0.2, 0) is 0 Å². The summed E-state index contributed by atoms with van der Waals surface area (Å²) in [6, 6.07) is 5.60. The van der Waals surface area contributed by atoms with Crippen molar-refractivity contribution in [3.05, 3.63) is 28.8 Å². The van der Waals surface area contributed by atoms with Gasteiger partial charge in [0.05, 0.1) is 6.61 Å². The second-order valence-electron chi connectivity index (χ2n) is 4.55. The molecular weight excluding hydrogens is 222 g/mol. The van der Waals surface area contributed by atoms with Gasteiger partial charge in [-0.3, -0.25) is 0 Å². The first-order valence-corrected chi connectivity index (χ1v) is 6.22. The topological polar surface area (TPSA) is 35.2 Å². The lowest BCUT2D eigenvalue weighted by atomic mass is 10.1. The molecule has 0 spiro atoms. The number of halogens is 1. The number of hydrogen-bond donors (Lipinski definition) is 1. The lowest BCUT2D eigenvalue weighted by Crippen LogP contribution is -2.09. The Labute approximate surface area is 102 Å². The zero-order valence-corrected chi connectivity index (χ0v) is 10.3. The van der Waals surface area contributed by atoms with Gasteiger partial charge in [-0.25, -0.2) is 0 Å². The Balaban J connectivity index is 1.99. The molecule has 2 nitrogen and oxygen atoms in total. The van der Waals surface area contributed by atoms with Crippen LogP contribution in [0.4, 0.5) is 0 Å². The van der Waals surface area contributed by atoms with Gasteiger partial charge in [0.1, 0.15) is 5.75 Å². The first-order valence-electron chi connectivity index (χ1n) is 5.84. The highest BCUT2D eigenvalue weighted by atomic mass is 35.5. The van der Waals surface area contributed by atoms with Gasteiger partial charge < -0.3 is 10.5 Å². The van der Waals surface area contributed by atoms with Crippen LogP contribution in [0.3, 0.4) is 0 Å². The van der Waals surface area contributed by atoms with E-state index >= 15 is 0 Å². The molecule has 0 aliphatic heterocycles. The molecule has 0 unspecified atom stereocenters. The van der Waals surface area contributed by atoms with E-state index in [9.17, 15) is 0 Å². The monoisotopic (exact) mass is 239 g/mol. The number of ether oxygens (including phenoxy) is 1. The number of hydrogen-bond acceptors (Lipinski definition) is 2. The summed E-state index contributed by atoms with van der Waals surface area (Å²) >= 11 is 5.94. The highest BCUT2D eigenvalue weighted by Gasteiger charge is 2.21. The van der Waals surface area contributed by atoms with E-state index < -0.39 is 0 Å². The maximum Gasteiger partial charge on any atom is 0.124 e. The van der Waals surface area contributed by atoms with Gasteiger partial charge in [0.2, 0.25) is 0 Å². The number of benzene rings is 1. The minimum absolute atomic E-state index is 0.0466. The van der Waals surface area contributed by atoms with Gasteiger partial charge in [-0.05, 0) is 37.5 Å². The van der Waals surface area contributed by atoms with Crippen LogP contribution in [0.15, 0.2) is 18.2 Å². The molecule has 2 N–H and O–H groups in total. The van der Waals surface area contributed by atoms with E-state index in [0.717, 1.165) is 30.3 Å². The lowest BCUT2D eigenvalue weighted by molar-refractivity contribution is 0.298. The van der Waals surface area contributed by atoms with E-state index in [1.807, 2.05) is 25.1 Å². The fraction of sp³-hybridized carbons (Fsp3) is 0.538. The molecule has 1 atom stereocenters. The van der Waals surface area contributed by atoms with Crippen molar-refractivity contribution in [2.24, 2.45) is 11.7 Å². The SMILES string of the molecule is C[C@H](N)c1cc(Cl)ccc1OCCC1CC1. The fourth-order valence-electron chi connectivity index (χ4n) is 1.75. The smallest absolute Gasteiger partial charge is 0.124 e. The molecule has 0 saturated heterocycles. The first kappa shape index (κ1) is 11.7. The predicted octanol–water partition coefficient (Wildman–Crippen LogP) is 3.54. The second kappa shape index (κ2) is 5.07. The van der Waals surface area contributed by atoms with Crippen LogP contribution in [0.25, 0.3) is 0 Å². The third-order valence-electron chi connectivity index (χ3n) is 2.94. The van der Waals surface area contributed by atoms with Gasteiger partial charge in [-0.2, -0.15) is 0 Å².